The summed E-state index contributed by atoms with van der Waals surface area (Å²) in [6, 6.07) is 4.78. The molecule has 5 aliphatic carbocycles. The van der Waals surface area contributed by atoms with Gasteiger partial charge in [-0.3, -0.25) is 4.90 Å². The van der Waals surface area contributed by atoms with Crippen LogP contribution in [-0.4, -0.2) is 57.7 Å². The van der Waals surface area contributed by atoms with Gasteiger partial charge in [0, 0.05) is 40.0 Å². The summed E-state index contributed by atoms with van der Waals surface area (Å²) >= 11 is 0. The Labute approximate surface area is 209 Å². The number of hydrogen-bond acceptors (Lipinski definition) is 5. The van der Waals surface area contributed by atoms with E-state index in [1.807, 2.05) is 6.92 Å². The quantitative estimate of drug-likeness (QED) is 0.597. The average molecular weight is 482 g/mol. The van der Waals surface area contributed by atoms with Crippen molar-refractivity contribution in [1.82, 2.24) is 4.90 Å². The normalized spacial score (nSPS) is 43.0. The fraction of sp³-hybridized carbons (Fsp3) is 0.800. The summed E-state index contributed by atoms with van der Waals surface area (Å²) in [5.74, 6) is 1.72. The zero-order valence-corrected chi connectivity index (χ0v) is 21.9. The van der Waals surface area contributed by atoms with E-state index in [-0.39, 0.29) is 41.5 Å². The molecule has 1 aromatic rings. The van der Waals surface area contributed by atoms with Gasteiger partial charge in [-0.05, 0) is 81.2 Å². The molecule has 2 aliphatic heterocycles. The first-order valence-corrected chi connectivity index (χ1v) is 14.1. The molecule has 1 unspecified atom stereocenters. The van der Waals surface area contributed by atoms with Crippen molar-refractivity contribution in [2.24, 2.45) is 28.1 Å². The molecule has 7 aliphatic rings. The molecule has 3 N–H and O–H groups in total. The van der Waals surface area contributed by atoms with Gasteiger partial charge in [0.1, 0.15) is 11.9 Å². The first-order valence-electron chi connectivity index (χ1n) is 14.1. The van der Waals surface area contributed by atoms with E-state index >= 15 is 0 Å². The summed E-state index contributed by atoms with van der Waals surface area (Å²) in [4.78, 5) is 2.82. The van der Waals surface area contributed by atoms with Crippen LogP contribution in [-0.2, 0) is 18.4 Å². The van der Waals surface area contributed by atoms with Gasteiger partial charge in [0.05, 0.1) is 18.8 Å². The summed E-state index contributed by atoms with van der Waals surface area (Å²) in [7, 11) is 0. The highest BCUT2D eigenvalue weighted by Crippen LogP contribution is 2.79. The molecule has 1 saturated heterocycles. The van der Waals surface area contributed by atoms with Crippen molar-refractivity contribution in [3.05, 3.63) is 28.8 Å². The lowest BCUT2D eigenvalue weighted by Crippen LogP contribution is -2.81. The van der Waals surface area contributed by atoms with Crippen LogP contribution in [0.4, 0.5) is 0 Å². The molecule has 0 amide bonds. The van der Waals surface area contributed by atoms with Gasteiger partial charge >= 0.3 is 0 Å². The largest absolute Gasteiger partial charge is 0.488 e. The second-order valence-electron chi connectivity index (χ2n) is 14.3. The van der Waals surface area contributed by atoms with Crippen molar-refractivity contribution in [1.29, 1.82) is 0 Å². The lowest BCUT2D eigenvalue weighted by molar-refractivity contribution is -0.289. The molecule has 0 radical (unpaired) electrons. The maximum atomic E-state index is 12.2. The van der Waals surface area contributed by atoms with Gasteiger partial charge in [-0.2, -0.15) is 0 Å². The second kappa shape index (κ2) is 6.83. The SMILES string of the molecule is CC(C)(C)C(C)(O)[C@H]1C[C@@]23CC[C@]1(CO)[C@@H]1Oc4c(CO)ccc5c4[C@@]12CCN(CC1CC1)[C@@H]3C5. The molecule has 8 rings (SSSR count). The lowest BCUT2D eigenvalue weighted by atomic mass is 9.31. The van der Waals surface area contributed by atoms with Gasteiger partial charge in [-0.15, -0.1) is 0 Å². The zero-order valence-electron chi connectivity index (χ0n) is 21.9. The Morgan fingerprint density at radius 2 is 1.86 bits per heavy atom. The molecular formula is C30H43NO4. The Kier molecular flexibility index (Phi) is 4.49. The van der Waals surface area contributed by atoms with Crippen molar-refractivity contribution >= 4 is 0 Å². The Balaban J connectivity index is 1.48. The Hall–Kier alpha value is -1.14. The van der Waals surface area contributed by atoms with Crippen molar-refractivity contribution in [3.63, 3.8) is 0 Å². The van der Waals surface area contributed by atoms with Gasteiger partial charge < -0.3 is 20.1 Å². The van der Waals surface area contributed by atoms with Crippen LogP contribution in [0.5, 0.6) is 5.75 Å². The van der Waals surface area contributed by atoms with Crippen molar-refractivity contribution in [2.45, 2.75) is 102 Å². The molecule has 2 heterocycles. The lowest BCUT2D eigenvalue weighted by Gasteiger charge is -2.76. The molecule has 35 heavy (non-hydrogen) atoms. The summed E-state index contributed by atoms with van der Waals surface area (Å²) < 4.78 is 7.04. The van der Waals surface area contributed by atoms with Crippen molar-refractivity contribution in [2.75, 3.05) is 19.7 Å². The third-order valence-corrected chi connectivity index (χ3v) is 12.3. The van der Waals surface area contributed by atoms with Crippen LogP contribution >= 0.6 is 0 Å². The molecule has 5 fully saturated rings. The van der Waals surface area contributed by atoms with Crippen molar-refractivity contribution < 1.29 is 20.1 Å². The van der Waals surface area contributed by atoms with E-state index < -0.39 is 11.0 Å². The van der Waals surface area contributed by atoms with E-state index in [2.05, 4.69) is 37.8 Å². The molecule has 0 aromatic heterocycles. The summed E-state index contributed by atoms with van der Waals surface area (Å²) in [6.45, 7) is 10.8. The molecule has 7 atom stereocenters. The third-order valence-electron chi connectivity index (χ3n) is 12.3. The topological polar surface area (TPSA) is 73.2 Å². The minimum atomic E-state index is -0.932. The fourth-order valence-corrected chi connectivity index (χ4v) is 9.94. The predicted octanol–water partition coefficient (Wildman–Crippen LogP) is 3.79. The van der Waals surface area contributed by atoms with Crippen LogP contribution < -0.4 is 4.74 Å². The number of aliphatic hydroxyl groups excluding tert-OH is 2. The fourth-order valence-electron chi connectivity index (χ4n) is 9.94. The van der Waals surface area contributed by atoms with Crippen LogP contribution in [0.25, 0.3) is 0 Å². The van der Waals surface area contributed by atoms with Crippen LogP contribution in [0.15, 0.2) is 12.1 Å². The predicted molar refractivity (Wildman–Crippen MR) is 134 cm³/mol. The number of nitrogens with zero attached hydrogens (tertiary/aromatic N) is 1. The van der Waals surface area contributed by atoms with Crippen molar-refractivity contribution in [3.8, 4) is 5.75 Å². The average Bonchev–Trinajstić information content (AvgIpc) is 3.56. The summed E-state index contributed by atoms with van der Waals surface area (Å²) in [6.07, 6.45) is 7.62. The monoisotopic (exact) mass is 481 g/mol. The van der Waals surface area contributed by atoms with E-state index in [0.717, 1.165) is 55.9 Å². The highest BCUT2D eigenvalue weighted by molar-refractivity contribution is 5.61. The minimum absolute atomic E-state index is 0.0229. The number of benzene rings is 1. The Morgan fingerprint density at radius 1 is 1.09 bits per heavy atom. The van der Waals surface area contributed by atoms with Crippen LogP contribution in [0.1, 0.15) is 82.9 Å². The minimum Gasteiger partial charge on any atom is -0.488 e. The number of rotatable bonds is 5. The summed E-state index contributed by atoms with van der Waals surface area (Å²) in [5, 5.41) is 33.7. The van der Waals surface area contributed by atoms with E-state index in [9.17, 15) is 15.3 Å². The number of piperidine rings is 1. The number of likely N-dealkylation sites (tertiary alicyclic amines) is 1. The molecular weight excluding hydrogens is 438 g/mol. The molecule has 4 saturated carbocycles. The highest BCUT2D eigenvalue weighted by atomic mass is 16.5. The second-order valence-corrected chi connectivity index (χ2v) is 14.3. The Morgan fingerprint density at radius 3 is 2.51 bits per heavy atom. The van der Waals surface area contributed by atoms with E-state index in [0.29, 0.717) is 6.04 Å². The first-order chi connectivity index (χ1) is 16.6. The summed E-state index contributed by atoms with van der Waals surface area (Å²) in [5.41, 5.74) is 1.82. The first kappa shape index (κ1) is 23.0. The molecule has 5 nitrogen and oxygen atoms in total. The van der Waals surface area contributed by atoms with Gasteiger partial charge in [-0.1, -0.05) is 32.9 Å². The van der Waals surface area contributed by atoms with Gasteiger partial charge in [0.2, 0.25) is 0 Å². The Bertz CT molecular complexity index is 1070. The van der Waals surface area contributed by atoms with E-state index in [1.165, 1.54) is 30.5 Å². The molecule has 192 valence electrons. The van der Waals surface area contributed by atoms with Crippen LogP contribution in [0.3, 0.4) is 0 Å². The molecule has 1 aromatic carbocycles. The van der Waals surface area contributed by atoms with Gasteiger partial charge in [-0.25, -0.2) is 0 Å². The van der Waals surface area contributed by atoms with E-state index in [4.69, 9.17) is 4.74 Å². The number of aliphatic hydroxyl groups is 3. The maximum absolute atomic E-state index is 12.2. The van der Waals surface area contributed by atoms with Gasteiger partial charge in [0.15, 0.2) is 0 Å². The third kappa shape index (κ3) is 2.50. The number of ether oxygens (including phenoxy) is 1. The molecule has 5 heteroatoms. The van der Waals surface area contributed by atoms with Crippen LogP contribution in [0, 0.1) is 28.1 Å². The zero-order chi connectivity index (χ0) is 24.6. The highest BCUT2D eigenvalue weighted by Gasteiger charge is 2.81. The standard InChI is InChI=1S/C30H43NO4/c1-26(2,3)27(4,34)21-14-29-10-9-28(21,17-33)25-30(29)11-12-31(15-18-5-6-18)22(29)13-19-7-8-20(16-32)24(35-25)23(19)30/h7-8,18,21-22,25,32-34H,5-6,9-17H2,1-4H3/t21-,22-,25+,27?,28-,29-,30+/m1/s1. The number of hydrogen-bond donors (Lipinski definition) is 3. The smallest absolute Gasteiger partial charge is 0.129 e. The van der Waals surface area contributed by atoms with Gasteiger partial charge in [0.25, 0.3) is 0 Å². The molecule has 4 bridgehead atoms. The van der Waals surface area contributed by atoms with Crippen LogP contribution in [0.2, 0.25) is 0 Å². The maximum Gasteiger partial charge on any atom is 0.129 e. The van der Waals surface area contributed by atoms with E-state index in [1.54, 1.807) is 0 Å². The molecule has 2 spiro atoms. The number of fused-ring (bicyclic) bond motifs is 2.